The summed E-state index contributed by atoms with van der Waals surface area (Å²) in [5.74, 6) is -0.217. The molecule has 2 saturated heterocycles. The maximum absolute atomic E-state index is 13.2. The lowest BCUT2D eigenvalue weighted by molar-refractivity contribution is 0.0570. The van der Waals surface area contributed by atoms with Crippen LogP contribution in [0.1, 0.15) is 48.5 Å². The molecular formula is C21H31N3O5S. The standard InChI is InChI=1S/C21H31N3O5S/c1-3-29-21(26)23-14-12-22(13-15-23)20(25)18-9-8-17(2)19(16-18)30(27,28)24-10-6-4-5-7-11-24/h8-9,16H,3-7,10-15H2,1-2H3. The second-order valence-electron chi connectivity index (χ2n) is 7.78. The van der Waals surface area contributed by atoms with Crippen molar-refractivity contribution in [1.29, 1.82) is 0 Å². The van der Waals surface area contributed by atoms with E-state index in [0.29, 0.717) is 57.0 Å². The van der Waals surface area contributed by atoms with E-state index in [1.807, 2.05) is 0 Å². The summed E-state index contributed by atoms with van der Waals surface area (Å²) >= 11 is 0. The van der Waals surface area contributed by atoms with Gasteiger partial charge in [0.05, 0.1) is 11.5 Å². The Hall–Kier alpha value is -2.13. The summed E-state index contributed by atoms with van der Waals surface area (Å²) in [4.78, 5) is 28.3. The second-order valence-corrected chi connectivity index (χ2v) is 9.68. The van der Waals surface area contributed by atoms with E-state index in [-0.39, 0.29) is 16.9 Å². The quantitative estimate of drug-likeness (QED) is 0.722. The molecule has 0 spiro atoms. The highest BCUT2D eigenvalue weighted by molar-refractivity contribution is 7.89. The Labute approximate surface area is 178 Å². The minimum atomic E-state index is -3.64. The van der Waals surface area contributed by atoms with Crippen LogP contribution in [-0.4, -0.2) is 80.4 Å². The van der Waals surface area contributed by atoms with Gasteiger partial charge < -0.3 is 14.5 Å². The number of carbonyl (C=O) groups excluding carboxylic acids is 2. The zero-order chi connectivity index (χ0) is 21.7. The number of piperazine rings is 1. The van der Waals surface area contributed by atoms with Crippen LogP contribution in [0.5, 0.6) is 0 Å². The van der Waals surface area contributed by atoms with Gasteiger partial charge >= 0.3 is 6.09 Å². The lowest BCUT2D eigenvalue weighted by Gasteiger charge is -2.34. The minimum Gasteiger partial charge on any atom is -0.450 e. The first-order valence-electron chi connectivity index (χ1n) is 10.7. The molecule has 2 aliphatic rings. The topological polar surface area (TPSA) is 87.2 Å². The first kappa shape index (κ1) is 22.6. The van der Waals surface area contributed by atoms with Crippen molar-refractivity contribution < 1.29 is 22.7 Å². The van der Waals surface area contributed by atoms with E-state index in [2.05, 4.69) is 0 Å². The fraction of sp³-hybridized carbons (Fsp3) is 0.619. The third kappa shape index (κ3) is 4.95. The molecule has 0 aromatic heterocycles. The van der Waals surface area contributed by atoms with E-state index in [1.54, 1.807) is 40.1 Å². The summed E-state index contributed by atoms with van der Waals surface area (Å²) in [6.07, 6.45) is 3.44. The third-order valence-corrected chi connectivity index (χ3v) is 7.75. The van der Waals surface area contributed by atoms with Gasteiger partial charge in [-0.15, -0.1) is 0 Å². The molecular weight excluding hydrogens is 406 g/mol. The van der Waals surface area contributed by atoms with Crippen LogP contribution in [0.25, 0.3) is 0 Å². The molecule has 0 unspecified atom stereocenters. The van der Waals surface area contributed by atoms with Gasteiger partial charge in [-0.3, -0.25) is 4.79 Å². The summed E-state index contributed by atoms with van der Waals surface area (Å²) in [5, 5.41) is 0. The molecule has 30 heavy (non-hydrogen) atoms. The zero-order valence-electron chi connectivity index (χ0n) is 17.8. The van der Waals surface area contributed by atoms with E-state index in [0.717, 1.165) is 25.7 Å². The molecule has 0 saturated carbocycles. The molecule has 2 aliphatic heterocycles. The Kier molecular flexibility index (Phi) is 7.36. The molecule has 0 radical (unpaired) electrons. The molecule has 1 aromatic carbocycles. The number of aryl methyl sites for hydroxylation is 1. The highest BCUT2D eigenvalue weighted by Gasteiger charge is 2.29. The molecule has 2 amide bonds. The number of rotatable bonds is 4. The van der Waals surface area contributed by atoms with Gasteiger partial charge in [-0.1, -0.05) is 18.9 Å². The van der Waals surface area contributed by atoms with Crippen LogP contribution in [-0.2, 0) is 14.8 Å². The van der Waals surface area contributed by atoms with Crippen LogP contribution in [0.3, 0.4) is 0 Å². The van der Waals surface area contributed by atoms with E-state index >= 15 is 0 Å². The van der Waals surface area contributed by atoms with Crippen LogP contribution in [0.2, 0.25) is 0 Å². The van der Waals surface area contributed by atoms with Crippen molar-refractivity contribution in [3.63, 3.8) is 0 Å². The largest absolute Gasteiger partial charge is 0.450 e. The number of sulfonamides is 1. The number of hydrogen-bond acceptors (Lipinski definition) is 5. The van der Waals surface area contributed by atoms with Gasteiger partial charge in [-0.05, 0) is 44.4 Å². The Morgan fingerprint density at radius 3 is 2.13 bits per heavy atom. The molecule has 3 rings (SSSR count). The first-order chi connectivity index (χ1) is 14.3. The van der Waals surface area contributed by atoms with Gasteiger partial charge in [0.2, 0.25) is 10.0 Å². The summed E-state index contributed by atoms with van der Waals surface area (Å²) in [6, 6.07) is 4.89. The number of carbonyl (C=O) groups is 2. The third-order valence-electron chi connectivity index (χ3n) is 5.71. The fourth-order valence-corrected chi connectivity index (χ4v) is 5.69. The summed E-state index contributed by atoms with van der Waals surface area (Å²) in [7, 11) is -3.64. The van der Waals surface area contributed by atoms with Gasteiger partial charge in [-0.25, -0.2) is 13.2 Å². The van der Waals surface area contributed by atoms with E-state index < -0.39 is 10.0 Å². The summed E-state index contributed by atoms with van der Waals surface area (Å²) in [5.41, 5.74) is 1.00. The molecule has 0 aliphatic carbocycles. The van der Waals surface area contributed by atoms with Crippen LogP contribution in [0, 0.1) is 6.92 Å². The number of hydrogen-bond donors (Lipinski definition) is 0. The van der Waals surface area contributed by atoms with Crippen molar-refractivity contribution in [3.05, 3.63) is 29.3 Å². The monoisotopic (exact) mass is 437 g/mol. The van der Waals surface area contributed by atoms with E-state index in [9.17, 15) is 18.0 Å². The average Bonchev–Trinajstić information content (AvgIpc) is 3.04. The zero-order valence-corrected chi connectivity index (χ0v) is 18.6. The number of ether oxygens (including phenoxy) is 1. The van der Waals surface area contributed by atoms with Crippen molar-refractivity contribution in [3.8, 4) is 0 Å². The van der Waals surface area contributed by atoms with Crippen molar-refractivity contribution in [2.24, 2.45) is 0 Å². The predicted octanol–water partition coefficient (Wildman–Crippen LogP) is 2.47. The predicted molar refractivity (Wildman–Crippen MR) is 113 cm³/mol. The van der Waals surface area contributed by atoms with Crippen molar-refractivity contribution >= 4 is 22.0 Å². The summed E-state index contributed by atoms with van der Waals surface area (Å²) < 4.78 is 33.0. The molecule has 0 bridgehead atoms. The Bertz CT molecular complexity index is 871. The maximum Gasteiger partial charge on any atom is 0.409 e. The SMILES string of the molecule is CCOC(=O)N1CCN(C(=O)c2ccc(C)c(S(=O)(=O)N3CCCCCC3)c2)CC1. The lowest BCUT2D eigenvalue weighted by Crippen LogP contribution is -2.50. The van der Waals surface area contributed by atoms with Crippen LogP contribution in [0.4, 0.5) is 4.79 Å². The fourth-order valence-electron chi connectivity index (χ4n) is 3.92. The Balaban J connectivity index is 1.75. The maximum atomic E-state index is 13.2. The molecule has 0 atom stereocenters. The Morgan fingerprint density at radius 1 is 0.933 bits per heavy atom. The normalized spacial score (nSPS) is 18.7. The number of amides is 2. The molecule has 9 heteroatoms. The van der Waals surface area contributed by atoms with Gasteiger partial charge in [0.15, 0.2) is 0 Å². The van der Waals surface area contributed by atoms with Crippen LogP contribution >= 0.6 is 0 Å². The average molecular weight is 438 g/mol. The molecule has 1 aromatic rings. The van der Waals surface area contributed by atoms with Gasteiger partial charge in [0, 0.05) is 44.8 Å². The number of nitrogens with zero attached hydrogens (tertiary/aromatic N) is 3. The van der Waals surface area contributed by atoms with E-state index in [4.69, 9.17) is 4.74 Å². The van der Waals surface area contributed by atoms with Gasteiger partial charge in [-0.2, -0.15) is 4.31 Å². The minimum absolute atomic E-state index is 0.209. The Morgan fingerprint density at radius 2 is 1.53 bits per heavy atom. The van der Waals surface area contributed by atoms with Gasteiger partial charge in [0.1, 0.15) is 0 Å². The lowest BCUT2D eigenvalue weighted by atomic mass is 10.1. The number of benzene rings is 1. The van der Waals surface area contributed by atoms with Crippen LogP contribution in [0.15, 0.2) is 23.1 Å². The smallest absolute Gasteiger partial charge is 0.409 e. The first-order valence-corrected chi connectivity index (χ1v) is 12.1. The van der Waals surface area contributed by atoms with Gasteiger partial charge in [0.25, 0.3) is 5.91 Å². The summed E-state index contributed by atoms with van der Waals surface area (Å²) in [6.45, 7) is 6.45. The molecule has 8 nitrogen and oxygen atoms in total. The van der Waals surface area contributed by atoms with Crippen molar-refractivity contribution in [2.45, 2.75) is 44.4 Å². The highest BCUT2D eigenvalue weighted by atomic mass is 32.2. The molecule has 0 N–H and O–H groups in total. The van der Waals surface area contributed by atoms with Crippen molar-refractivity contribution in [2.75, 3.05) is 45.9 Å². The van der Waals surface area contributed by atoms with Crippen molar-refractivity contribution in [1.82, 2.24) is 14.1 Å². The molecule has 2 fully saturated rings. The van der Waals surface area contributed by atoms with E-state index in [1.165, 1.54) is 6.07 Å². The highest BCUT2D eigenvalue weighted by Crippen LogP contribution is 2.25. The molecule has 166 valence electrons. The van der Waals surface area contributed by atoms with Crippen LogP contribution < -0.4 is 0 Å². The molecule has 2 heterocycles. The second kappa shape index (κ2) is 9.78.